The molecule has 7 heteroatoms. The number of nitrogens with zero attached hydrogens (tertiary/aromatic N) is 1. The monoisotopic (exact) mass is 345 g/mol. The minimum absolute atomic E-state index is 0.0139. The average Bonchev–Trinajstić information content (AvgIpc) is 3.34. The lowest BCUT2D eigenvalue weighted by atomic mass is 10.1. The Morgan fingerprint density at radius 3 is 2.48 bits per heavy atom. The Bertz CT molecular complexity index is 661. The summed E-state index contributed by atoms with van der Waals surface area (Å²) in [5.74, 6) is 0.392. The van der Waals surface area contributed by atoms with E-state index in [1.807, 2.05) is 12.1 Å². The molecule has 134 valence electrons. The molecule has 2 aromatic heterocycles. The van der Waals surface area contributed by atoms with Crippen molar-refractivity contribution < 1.29 is 18.4 Å². The minimum Gasteiger partial charge on any atom is -0.468 e. The first-order valence-corrected chi connectivity index (χ1v) is 8.60. The molecular formula is C18H23N3O4. The summed E-state index contributed by atoms with van der Waals surface area (Å²) in [4.78, 5) is 26.2. The van der Waals surface area contributed by atoms with Gasteiger partial charge in [0.15, 0.2) is 5.76 Å². The summed E-state index contributed by atoms with van der Waals surface area (Å²) < 4.78 is 10.5. The quantitative estimate of drug-likeness (QED) is 0.801. The van der Waals surface area contributed by atoms with Crippen molar-refractivity contribution in [2.24, 2.45) is 0 Å². The van der Waals surface area contributed by atoms with Gasteiger partial charge in [0, 0.05) is 6.54 Å². The summed E-state index contributed by atoms with van der Waals surface area (Å²) in [6.45, 7) is 2.35. The van der Waals surface area contributed by atoms with Gasteiger partial charge in [0.25, 0.3) is 5.91 Å². The molecule has 2 aromatic rings. The van der Waals surface area contributed by atoms with E-state index in [0.717, 1.165) is 31.7 Å². The van der Waals surface area contributed by atoms with Crippen LogP contribution in [0.4, 0.5) is 0 Å². The van der Waals surface area contributed by atoms with Crippen LogP contribution in [-0.2, 0) is 4.79 Å². The largest absolute Gasteiger partial charge is 0.468 e. The van der Waals surface area contributed by atoms with Crippen molar-refractivity contribution in [3.63, 3.8) is 0 Å². The Labute approximate surface area is 146 Å². The molecule has 0 aromatic carbocycles. The fourth-order valence-electron chi connectivity index (χ4n) is 3.05. The van der Waals surface area contributed by atoms with Gasteiger partial charge in [0.05, 0.1) is 25.1 Å². The van der Waals surface area contributed by atoms with Gasteiger partial charge in [0.1, 0.15) is 5.76 Å². The van der Waals surface area contributed by atoms with Crippen LogP contribution < -0.4 is 10.6 Å². The van der Waals surface area contributed by atoms with Crippen molar-refractivity contribution >= 4 is 11.8 Å². The number of furan rings is 2. The lowest BCUT2D eigenvalue weighted by molar-refractivity contribution is -0.120. The number of likely N-dealkylation sites (tertiary alicyclic amines) is 1. The first-order chi connectivity index (χ1) is 12.2. The molecule has 1 aliphatic rings. The standard InChI is InChI=1S/C18H23N3O4/c22-17(13-20-18(23)16-7-5-11-25-16)19-12-14(15-6-4-10-24-15)21-8-2-1-3-9-21/h4-7,10-11,14H,1-3,8-9,12-13H2,(H,19,22)(H,20,23)/t14-/m0/s1. The van der Waals surface area contributed by atoms with Gasteiger partial charge in [0.2, 0.25) is 5.91 Å². The van der Waals surface area contributed by atoms with E-state index in [1.54, 1.807) is 18.4 Å². The zero-order valence-corrected chi connectivity index (χ0v) is 14.1. The van der Waals surface area contributed by atoms with E-state index < -0.39 is 5.91 Å². The lowest BCUT2D eigenvalue weighted by Gasteiger charge is -2.33. The lowest BCUT2D eigenvalue weighted by Crippen LogP contribution is -2.43. The number of hydrogen-bond donors (Lipinski definition) is 2. The average molecular weight is 345 g/mol. The molecule has 0 spiro atoms. The number of carbonyl (C=O) groups is 2. The topological polar surface area (TPSA) is 87.7 Å². The van der Waals surface area contributed by atoms with Crippen molar-refractivity contribution in [3.05, 3.63) is 48.3 Å². The highest BCUT2D eigenvalue weighted by atomic mass is 16.3. The van der Waals surface area contributed by atoms with Gasteiger partial charge >= 0.3 is 0 Å². The highest BCUT2D eigenvalue weighted by Crippen LogP contribution is 2.24. The van der Waals surface area contributed by atoms with Crippen LogP contribution in [0.15, 0.2) is 45.6 Å². The molecule has 0 unspecified atom stereocenters. The molecule has 1 aliphatic heterocycles. The number of hydrogen-bond acceptors (Lipinski definition) is 5. The summed E-state index contributed by atoms with van der Waals surface area (Å²) >= 11 is 0. The van der Waals surface area contributed by atoms with Gasteiger partial charge < -0.3 is 19.5 Å². The minimum atomic E-state index is -0.404. The van der Waals surface area contributed by atoms with Gasteiger partial charge in [-0.05, 0) is 50.2 Å². The van der Waals surface area contributed by atoms with Crippen LogP contribution in [0.1, 0.15) is 41.6 Å². The predicted molar refractivity (Wildman–Crippen MR) is 90.9 cm³/mol. The van der Waals surface area contributed by atoms with E-state index in [1.165, 1.54) is 12.7 Å². The summed E-state index contributed by atoms with van der Waals surface area (Å²) in [7, 11) is 0. The summed E-state index contributed by atoms with van der Waals surface area (Å²) in [6, 6.07) is 6.99. The molecule has 1 fully saturated rings. The van der Waals surface area contributed by atoms with Crippen LogP contribution in [0.2, 0.25) is 0 Å². The van der Waals surface area contributed by atoms with E-state index in [4.69, 9.17) is 8.83 Å². The van der Waals surface area contributed by atoms with Crippen LogP contribution >= 0.6 is 0 Å². The maximum Gasteiger partial charge on any atom is 0.287 e. The van der Waals surface area contributed by atoms with Crippen molar-refractivity contribution in [3.8, 4) is 0 Å². The molecule has 3 heterocycles. The number of piperidine rings is 1. The Morgan fingerprint density at radius 2 is 1.80 bits per heavy atom. The van der Waals surface area contributed by atoms with Crippen LogP contribution in [0.5, 0.6) is 0 Å². The molecule has 1 saturated heterocycles. The number of rotatable bonds is 7. The Morgan fingerprint density at radius 1 is 1.04 bits per heavy atom. The molecule has 2 N–H and O–H groups in total. The first-order valence-electron chi connectivity index (χ1n) is 8.60. The van der Waals surface area contributed by atoms with E-state index in [2.05, 4.69) is 15.5 Å². The van der Waals surface area contributed by atoms with E-state index in [0.29, 0.717) is 6.54 Å². The second-order valence-electron chi connectivity index (χ2n) is 6.09. The molecule has 0 bridgehead atoms. The molecule has 0 saturated carbocycles. The van der Waals surface area contributed by atoms with Crippen LogP contribution in [0.3, 0.4) is 0 Å². The summed E-state index contributed by atoms with van der Waals surface area (Å²) in [5, 5.41) is 5.42. The highest BCUT2D eigenvalue weighted by molar-refractivity contribution is 5.94. The Kier molecular flexibility index (Phi) is 5.90. The van der Waals surface area contributed by atoms with Gasteiger partial charge in [-0.1, -0.05) is 6.42 Å². The van der Waals surface area contributed by atoms with E-state index in [9.17, 15) is 9.59 Å². The fourth-order valence-corrected chi connectivity index (χ4v) is 3.05. The van der Waals surface area contributed by atoms with E-state index in [-0.39, 0.29) is 24.3 Å². The summed E-state index contributed by atoms with van der Waals surface area (Å²) in [5.41, 5.74) is 0. The second kappa shape index (κ2) is 8.53. The number of nitrogens with one attached hydrogen (secondary N) is 2. The normalized spacial score (nSPS) is 16.3. The van der Waals surface area contributed by atoms with Crippen LogP contribution in [-0.4, -0.2) is 42.9 Å². The third-order valence-electron chi connectivity index (χ3n) is 4.35. The third kappa shape index (κ3) is 4.73. The Balaban J connectivity index is 1.50. The number of amides is 2. The fraction of sp³-hybridized carbons (Fsp3) is 0.444. The molecular weight excluding hydrogens is 322 g/mol. The molecule has 7 nitrogen and oxygen atoms in total. The maximum atomic E-state index is 12.1. The molecule has 0 aliphatic carbocycles. The van der Waals surface area contributed by atoms with Gasteiger partial charge in [-0.25, -0.2) is 0 Å². The van der Waals surface area contributed by atoms with Crippen molar-refractivity contribution in [1.29, 1.82) is 0 Å². The SMILES string of the molecule is O=C(CNC(=O)c1ccco1)NC[C@@H](c1ccco1)N1CCCCC1. The zero-order chi connectivity index (χ0) is 17.5. The highest BCUT2D eigenvalue weighted by Gasteiger charge is 2.25. The number of carbonyl (C=O) groups excluding carboxylic acids is 2. The maximum absolute atomic E-state index is 12.1. The smallest absolute Gasteiger partial charge is 0.287 e. The van der Waals surface area contributed by atoms with Crippen LogP contribution in [0, 0.1) is 0 Å². The van der Waals surface area contributed by atoms with Crippen LogP contribution in [0.25, 0.3) is 0 Å². The molecule has 2 amide bonds. The van der Waals surface area contributed by atoms with Crippen molar-refractivity contribution in [2.75, 3.05) is 26.2 Å². The van der Waals surface area contributed by atoms with E-state index >= 15 is 0 Å². The third-order valence-corrected chi connectivity index (χ3v) is 4.35. The summed E-state index contributed by atoms with van der Waals surface area (Å²) in [6.07, 6.45) is 6.63. The van der Waals surface area contributed by atoms with Gasteiger partial charge in [-0.3, -0.25) is 14.5 Å². The zero-order valence-electron chi connectivity index (χ0n) is 14.1. The molecule has 0 radical (unpaired) electrons. The Hall–Kier alpha value is -2.54. The molecule has 1 atom stereocenters. The predicted octanol–water partition coefficient (Wildman–Crippen LogP) is 1.95. The first kappa shape index (κ1) is 17.3. The molecule has 25 heavy (non-hydrogen) atoms. The van der Waals surface area contributed by atoms with Gasteiger partial charge in [-0.2, -0.15) is 0 Å². The molecule has 3 rings (SSSR count). The second-order valence-corrected chi connectivity index (χ2v) is 6.09. The van der Waals surface area contributed by atoms with Crippen molar-refractivity contribution in [2.45, 2.75) is 25.3 Å². The van der Waals surface area contributed by atoms with Gasteiger partial charge in [-0.15, -0.1) is 0 Å². The van der Waals surface area contributed by atoms with Crippen molar-refractivity contribution in [1.82, 2.24) is 15.5 Å².